The third kappa shape index (κ3) is 3.56. The second-order valence-electron chi connectivity index (χ2n) is 7.67. The van der Waals surface area contributed by atoms with Gasteiger partial charge in [0, 0.05) is 37.1 Å². The summed E-state index contributed by atoms with van der Waals surface area (Å²) < 4.78 is 17.0. The standard InChI is InChI=1S/C25H23N3O4/c1-30-19-7-3-16(4-8-19)21-22-24(28-13-11-18(29)12-14-28)26-15-27-25(22)32-23(21)17-5-9-20(31-2)10-6-17/h3-10,15H,11-14H2,1-2H3. The molecule has 0 amide bonds. The average Bonchev–Trinajstić information content (AvgIpc) is 3.24. The summed E-state index contributed by atoms with van der Waals surface area (Å²) in [5.74, 6) is 3.33. The van der Waals surface area contributed by atoms with Crippen molar-refractivity contribution in [2.45, 2.75) is 12.8 Å². The van der Waals surface area contributed by atoms with Crippen molar-refractivity contribution in [2.24, 2.45) is 0 Å². The Balaban J connectivity index is 1.73. The van der Waals surface area contributed by atoms with Crippen molar-refractivity contribution in [2.75, 3.05) is 32.2 Å². The summed E-state index contributed by atoms with van der Waals surface area (Å²) in [5, 5.41) is 0.845. The zero-order valence-corrected chi connectivity index (χ0v) is 18.0. The predicted molar refractivity (Wildman–Crippen MR) is 122 cm³/mol. The summed E-state index contributed by atoms with van der Waals surface area (Å²) in [7, 11) is 3.29. The third-order valence-electron chi connectivity index (χ3n) is 5.82. The minimum Gasteiger partial charge on any atom is -0.497 e. The zero-order chi connectivity index (χ0) is 22.1. The molecule has 0 atom stereocenters. The highest BCUT2D eigenvalue weighted by Crippen LogP contribution is 2.44. The Morgan fingerprint density at radius 1 is 0.844 bits per heavy atom. The first-order chi connectivity index (χ1) is 15.7. The second kappa shape index (κ2) is 8.34. The van der Waals surface area contributed by atoms with E-state index >= 15 is 0 Å². The van der Waals surface area contributed by atoms with E-state index in [0.29, 0.717) is 37.4 Å². The van der Waals surface area contributed by atoms with Crippen molar-refractivity contribution < 1.29 is 18.7 Å². The van der Waals surface area contributed by atoms with Crippen molar-refractivity contribution >= 4 is 22.7 Å². The number of carbonyl (C=O) groups is 1. The number of Topliss-reactive ketones (excluding diaryl/α,β-unsaturated/α-hetero) is 1. The molecule has 1 fully saturated rings. The number of methoxy groups -OCH3 is 2. The smallest absolute Gasteiger partial charge is 0.232 e. The van der Waals surface area contributed by atoms with E-state index in [-0.39, 0.29) is 5.78 Å². The van der Waals surface area contributed by atoms with Gasteiger partial charge in [0.2, 0.25) is 5.71 Å². The third-order valence-corrected chi connectivity index (χ3v) is 5.82. The molecule has 0 spiro atoms. The van der Waals surface area contributed by atoms with Crippen LogP contribution in [0.1, 0.15) is 12.8 Å². The summed E-state index contributed by atoms with van der Waals surface area (Å²) in [6, 6.07) is 15.6. The van der Waals surface area contributed by atoms with E-state index in [1.165, 1.54) is 6.33 Å². The number of rotatable bonds is 5. The van der Waals surface area contributed by atoms with Gasteiger partial charge in [0.15, 0.2) is 0 Å². The number of fused-ring (bicyclic) bond motifs is 1. The first kappa shape index (κ1) is 20.1. The number of ketones is 1. The topological polar surface area (TPSA) is 77.7 Å². The molecule has 0 saturated carbocycles. The Morgan fingerprint density at radius 2 is 1.44 bits per heavy atom. The van der Waals surface area contributed by atoms with E-state index in [1.54, 1.807) is 14.2 Å². The van der Waals surface area contributed by atoms with Crippen LogP contribution in [0, 0.1) is 0 Å². The van der Waals surface area contributed by atoms with Gasteiger partial charge in [0.05, 0.1) is 19.6 Å². The maximum atomic E-state index is 11.8. The fraction of sp³-hybridized carbons (Fsp3) is 0.240. The lowest BCUT2D eigenvalue weighted by Gasteiger charge is -2.27. The maximum Gasteiger partial charge on any atom is 0.232 e. The quantitative estimate of drug-likeness (QED) is 0.453. The van der Waals surface area contributed by atoms with Crippen LogP contribution in [0.2, 0.25) is 0 Å². The van der Waals surface area contributed by atoms with Gasteiger partial charge in [-0.15, -0.1) is 0 Å². The number of hydrogen-bond acceptors (Lipinski definition) is 7. The van der Waals surface area contributed by atoms with E-state index in [2.05, 4.69) is 14.9 Å². The summed E-state index contributed by atoms with van der Waals surface area (Å²) in [5.41, 5.74) is 3.32. The van der Waals surface area contributed by atoms with E-state index < -0.39 is 0 Å². The van der Waals surface area contributed by atoms with Crippen LogP contribution in [0.15, 0.2) is 59.3 Å². The molecule has 162 valence electrons. The molecule has 2 aromatic carbocycles. The lowest BCUT2D eigenvalue weighted by molar-refractivity contribution is -0.119. The fourth-order valence-electron chi connectivity index (χ4n) is 4.10. The molecule has 0 N–H and O–H groups in total. The van der Waals surface area contributed by atoms with Gasteiger partial charge < -0.3 is 18.8 Å². The van der Waals surface area contributed by atoms with Gasteiger partial charge in [-0.3, -0.25) is 4.79 Å². The number of aromatic nitrogens is 2. The largest absolute Gasteiger partial charge is 0.497 e. The van der Waals surface area contributed by atoms with Gasteiger partial charge in [-0.1, -0.05) is 12.1 Å². The van der Waals surface area contributed by atoms with Crippen molar-refractivity contribution in [3.05, 3.63) is 54.9 Å². The summed E-state index contributed by atoms with van der Waals surface area (Å²) >= 11 is 0. The average molecular weight is 429 g/mol. The van der Waals surface area contributed by atoms with Crippen LogP contribution < -0.4 is 14.4 Å². The van der Waals surface area contributed by atoms with Gasteiger partial charge >= 0.3 is 0 Å². The second-order valence-corrected chi connectivity index (χ2v) is 7.67. The van der Waals surface area contributed by atoms with E-state index in [4.69, 9.17) is 13.9 Å². The number of furan rings is 1. The minimum absolute atomic E-state index is 0.285. The molecule has 0 bridgehead atoms. The van der Waals surface area contributed by atoms with Gasteiger partial charge in [-0.2, -0.15) is 0 Å². The molecule has 2 aromatic heterocycles. The first-order valence-electron chi connectivity index (χ1n) is 10.5. The number of carbonyl (C=O) groups excluding carboxylic acids is 1. The Kier molecular flexibility index (Phi) is 5.23. The Labute approximate surface area is 185 Å². The number of benzene rings is 2. The lowest BCUT2D eigenvalue weighted by atomic mass is 9.98. The SMILES string of the molecule is COc1ccc(-c2oc3ncnc(N4CCC(=O)CC4)c3c2-c2ccc(OC)cc2)cc1. The molecule has 1 aliphatic rings. The Bertz CT molecular complexity index is 1250. The van der Waals surface area contributed by atoms with Crippen LogP contribution in [0.25, 0.3) is 33.6 Å². The molecular formula is C25H23N3O4. The van der Waals surface area contributed by atoms with Crippen LogP contribution in [-0.2, 0) is 4.79 Å². The van der Waals surface area contributed by atoms with Crippen LogP contribution in [0.5, 0.6) is 11.5 Å². The van der Waals surface area contributed by atoms with Crippen molar-refractivity contribution in [3.63, 3.8) is 0 Å². The fourth-order valence-corrected chi connectivity index (χ4v) is 4.10. The first-order valence-corrected chi connectivity index (χ1v) is 10.5. The maximum absolute atomic E-state index is 11.8. The highest BCUT2D eigenvalue weighted by Gasteiger charge is 2.26. The molecule has 4 aromatic rings. The summed E-state index contributed by atoms with van der Waals surface area (Å²) in [6.07, 6.45) is 2.56. The Morgan fingerprint density at radius 3 is 2.03 bits per heavy atom. The molecule has 3 heterocycles. The van der Waals surface area contributed by atoms with Crippen molar-refractivity contribution in [1.82, 2.24) is 9.97 Å². The predicted octanol–water partition coefficient (Wildman–Crippen LogP) is 4.74. The molecule has 7 heteroatoms. The lowest BCUT2D eigenvalue weighted by Crippen LogP contribution is -2.34. The molecule has 0 unspecified atom stereocenters. The molecular weight excluding hydrogens is 406 g/mol. The van der Waals surface area contributed by atoms with E-state index in [1.807, 2.05) is 48.5 Å². The number of hydrogen-bond donors (Lipinski definition) is 0. The summed E-state index contributed by atoms with van der Waals surface area (Å²) in [4.78, 5) is 23.0. The van der Waals surface area contributed by atoms with Crippen molar-refractivity contribution in [3.8, 4) is 33.9 Å². The zero-order valence-electron chi connectivity index (χ0n) is 18.0. The normalized spacial score (nSPS) is 14.1. The highest BCUT2D eigenvalue weighted by molar-refractivity contribution is 6.06. The van der Waals surface area contributed by atoms with Gasteiger partial charge in [-0.05, 0) is 42.0 Å². The summed E-state index contributed by atoms with van der Waals surface area (Å²) in [6.45, 7) is 1.27. The van der Waals surface area contributed by atoms with E-state index in [0.717, 1.165) is 39.4 Å². The number of piperidine rings is 1. The highest BCUT2D eigenvalue weighted by atomic mass is 16.5. The molecule has 7 nitrogen and oxygen atoms in total. The number of nitrogens with zero attached hydrogens (tertiary/aromatic N) is 3. The number of anilines is 1. The molecule has 0 aliphatic carbocycles. The van der Waals surface area contributed by atoms with Crippen molar-refractivity contribution in [1.29, 1.82) is 0 Å². The molecule has 32 heavy (non-hydrogen) atoms. The van der Waals surface area contributed by atoms with Crippen LogP contribution >= 0.6 is 0 Å². The van der Waals surface area contributed by atoms with Crippen LogP contribution in [0.4, 0.5) is 5.82 Å². The van der Waals surface area contributed by atoms with Crippen LogP contribution in [0.3, 0.4) is 0 Å². The molecule has 5 rings (SSSR count). The number of ether oxygens (including phenoxy) is 2. The monoisotopic (exact) mass is 429 g/mol. The van der Waals surface area contributed by atoms with E-state index in [9.17, 15) is 4.79 Å². The van der Waals surface area contributed by atoms with Gasteiger partial charge in [-0.25, -0.2) is 9.97 Å². The minimum atomic E-state index is 0.285. The molecule has 1 aliphatic heterocycles. The molecule has 1 saturated heterocycles. The molecule has 0 radical (unpaired) electrons. The van der Waals surface area contributed by atoms with Crippen LogP contribution in [-0.4, -0.2) is 43.1 Å². The van der Waals surface area contributed by atoms with Gasteiger partial charge in [0.1, 0.15) is 35.2 Å². The van der Waals surface area contributed by atoms with Gasteiger partial charge in [0.25, 0.3) is 0 Å². The Hall–Kier alpha value is -3.87.